The van der Waals surface area contributed by atoms with E-state index in [1.165, 1.54) is 12.8 Å². The summed E-state index contributed by atoms with van der Waals surface area (Å²) in [6, 6.07) is 1.94. The summed E-state index contributed by atoms with van der Waals surface area (Å²) in [6.45, 7) is 3.52. The average molecular weight is 221 g/mol. The maximum Gasteiger partial charge on any atom is 0.157 e. The first-order valence-corrected chi connectivity index (χ1v) is 5.93. The van der Waals surface area contributed by atoms with E-state index in [1.807, 2.05) is 26.2 Å². The molecular weight excluding hydrogens is 202 g/mol. The fraction of sp³-hybridized carbons (Fsp3) is 0.667. The van der Waals surface area contributed by atoms with E-state index >= 15 is 0 Å². The standard InChI is InChI=1S/C12H19N3O/c1-3-16-11(9-4-5-9)12-14-7-6-10(15-12)8-13-2/h6-7,9,11,13H,3-5,8H2,1-2H3. The Hall–Kier alpha value is -1.00. The van der Waals surface area contributed by atoms with Crippen molar-refractivity contribution in [1.82, 2.24) is 15.3 Å². The van der Waals surface area contributed by atoms with Crippen LogP contribution in [0.3, 0.4) is 0 Å². The van der Waals surface area contributed by atoms with Gasteiger partial charge in [0, 0.05) is 19.3 Å². The van der Waals surface area contributed by atoms with Crippen molar-refractivity contribution >= 4 is 0 Å². The second-order valence-electron chi connectivity index (χ2n) is 4.15. The molecule has 1 aliphatic rings. The van der Waals surface area contributed by atoms with Gasteiger partial charge in [0.05, 0.1) is 5.69 Å². The molecule has 1 aromatic rings. The van der Waals surface area contributed by atoms with Crippen molar-refractivity contribution in [1.29, 1.82) is 0 Å². The van der Waals surface area contributed by atoms with Gasteiger partial charge in [-0.3, -0.25) is 0 Å². The number of nitrogens with one attached hydrogen (secondary N) is 1. The predicted molar refractivity (Wildman–Crippen MR) is 61.9 cm³/mol. The van der Waals surface area contributed by atoms with Crippen LogP contribution >= 0.6 is 0 Å². The zero-order valence-electron chi connectivity index (χ0n) is 9.94. The van der Waals surface area contributed by atoms with Crippen molar-refractivity contribution in [2.75, 3.05) is 13.7 Å². The lowest BCUT2D eigenvalue weighted by Crippen LogP contribution is -2.14. The van der Waals surface area contributed by atoms with Crippen LogP contribution in [0.5, 0.6) is 0 Å². The Bertz CT molecular complexity index is 339. The van der Waals surface area contributed by atoms with Crippen LogP contribution in [-0.4, -0.2) is 23.6 Å². The van der Waals surface area contributed by atoms with Gasteiger partial charge >= 0.3 is 0 Å². The lowest BCUT2D eigenvalue weighted by atomic mass is 10.2. The molecule has 0 radical (unpaired) electrons. The summed E-state index contributed by atoms with van der Waals surface area (Å²) in [4.78, 5) is 8.88. The first-order valence-electron chi connectivity index (χ1n) is 5.93. The third kappa shape index (κ3) is 2.77. The smallest absolute Gasteiger partial charge is 0.157 e. The molecule has 0 aromatic carbocycles. The molecule has 1 N–H and O–H groups in total. The van der Waals surface area contributed by atoms with Crippen molar-refractivity contribution < 1.29 is 4.74 Å². The van der Waals surface area contributed by atoms with Crippen molar-refractivity contribution in [3.63, 3.8) is 0 Å². The molecule has 0 spiro atoms. The van der Waals surface area contributed by atoms with Gasteiger partial charge in [0.2, 0.25) is 0 Å². The molecule has 1 aliphatic carbocycles. The second-order valence-corrected chi connectivity index (χ2v) is 4.15. The van der Waals surface area contributed by atoms with Gasteiger partial charge in [0.1, 0.15) is 6.10 Å². The van der Waals surface area contributed by atoms with Gasteiger partial charge in [-0.05, 0) is 38.8 Å². The Balaban J connectivity index is 2.12. The first-order chi connectivity index (χ1) is 7.85. The fourth-order valence-electron chi connectivity index (χ4n) is 1.83. The van der Waals surface area contributed by atoms with E-state index in [0.29, 0.717) is 5.92 Å². The zero-order chi connectivity index (χ0) is 11.4. The van der Waals surface area contributed by atoms with Crippen LogP contribution in [0.2, 0.25) is 0 Å². The van der Waals surface area contributed by atoms with E-state index in [2.05, 4.69) is 15.3 Å². The van der Waals surface area contributed by atoms with Crippen LogP contribution in [0, 0.1) is 5.92 Å². The third-order valence-corrected chi connectivity index (χ3v) is 2.74. The number of nitrogens with zero attached hydrogens (tertiary/aromatic N) is 2. The molecule has 0 aliphatic heterocycles. The third-order valence-electron chi connectivity index (χ3n) is 2.74. The molecule has 1 saturated carbocycles. The lowest BCUT2D eigenvalue weighted by molar-refractivity contribution is 0.0398. The Morgan fingerprint density at radius 1 is 1.56 bits per heavy atom. The van der Waals surface area contributed by atoms with Crippen LogP contribution in [0.1, 0.15) is 37.4 Å². The van der Waals surface area contributed by atoms with Crippen LogP contribution in [-0.2, 0) is 11.3 Å². The van der Waals surface area contributed by atoms with Crippen LogP contribution < -0.4 is 5.32 Å². The number of rotatable bonds is 6. The van der Waals surface area contributed by atoms with E-state index in [-0.39, 0.29) is 6.10 Å². The Kier molecular flexibility index (Phi) is 3.85. The van der Waals surface area contributed by atoms with Gasteiger partial charge in [-0.15, -0.1) is 0 Å². The largest absolute Gasteiger partial charge is 0.370 e. The molecule has 1 unspecified atom stereocenters. The molecule has 4 heteroatoms. The van der Waals surface area contributed by atoms with E-state index < -0.39 is 0 Å². The number of hydrogen-bond acceptors (Lipinski definition) is 4. The van der Waals surface area contributed by atoms with Crippen molar-refractivity contribution in [3.8, 4) is 0 Å². The van der Waals surface area contributed by atoms with Crippen LogP contribution in [0.4, 0.5) is 0 Å². The van der Waals surface area contributed by atoms with Gasteiger partial charge < -0.3 is 10.1 Å². The molecule has 16 heavy (non-hydrogen) atoms. The van der Waals surface area contributed by atoms with E-state index in [0.717, 1.165) is 24.7 Å². The molecule has 0 amide bonds. The Morgan fingerprint density at radius 2 is 2.38 bits per heavy atom. The van der Waals surface area contributed by atoms with Gasteiger partial charge in [-0.2, -0.15) is 0 Å². The lowest BCUT2D eigenvalue weighted by Gasteiger charge is -2.15. The van der Waals surface area contributed by atoms with Crippen LogP contribution in [0.15, 0.2) is 12.3 Å². The zero-order valence-corrected chi connectivity index (χ0v) is 9.94. The minimum Gasteiger partial charge on any atom is -0.370 e. The van der Waals surface area contributed by atoms with Gasteiger partial charge in [0.25, 0.3) is 0 Å². The molecule has 4 nitrogen and oxygen atoms in total. The monoisotopic (exact) mass is 221 g/mol. The number of aromatic nitrogens is 2. The topological polar surface area (TPSA) is 47.0 Å². The Morgan fingerprint density at radius 3 is 3.00 bits per heavy atom. The molecule has 1 heterocycles. The molecular formula is C12H19N3O. The Labute approximate surface area is 96.4 Å². The molecule has 0 bridgehead atoms. The summed E-state index contributed by atoms with van der Waals surface area (Å²) in [5, 5.41) is 3.10. The minimum absolute atomic E-state index is 0.0989. The minimum atomic E-state index is 0.0989. The first kappa shape index (κ1) is 11.5. The number of ether oxygens (including phenoxy) is 1. The molecule has 0 saturated heterocycles. The SMILES string of the molecule is CCOC(c1nccc(CNC)n1)C1CC1. The summed E-state index contributed by atoms with van der Waals surface area (Å²) in [6.07, 6.45) is 4.40. The summed E-state index contributed by atoms with van der Waals surface area (Å²) in [5.74, 6) is 1.47. The summed E-state index contributed by atoms with van der Waals surface area (Å²) >= 11 is 0. The van der Waals surface area contributed by atoms with E-state index in [9.17, 15) is 0 Å². The average Bonchev–Trinajstić information content (AvgIpc) is 3.11. The molecule has 1 atom stereocenters. The van der Waals surface area contributed by atoms with Gasteiger partial charge in [-0.25, -0.2) is 9.97 Å². The van der Waals surface area contributed by atoms with Crippen LogP contribution in [0.25, 0.3) is 0 Å². The quantitative estimate of drug-likeness (QED) is 0.794. The molecule has 88 valence electrons. The molecule has 1 aromatic heterocycles. The van der Waals surface area contributed by atoms with Gasteiger partial charge in [0.15, 0.2) is 5.82 Å². The highest BCUT2D eigenvalue weighted by molar-refractivity contribution is 5.06. The fourth-order valence-corrected chi connectivity index (χ4v) is 1.83. The normalized spacial score (nSPS) is 17.4. The summed E-state index contributed by atoms with van der Waals surface area (Å²) in [7, 11) is 1.92. The molecule has 1 fully saturated rings. The van der Waals surface area contributed by atoms with Crippen molar-refractivity contribution in [2.45, 2.75) is 32.4 Å². The maximum absolute atomic E-state index is 5.74. The highest BCUT2D eigenvalue weighted by Crippen LogP contribution is 2.42. The summed E-state index contributed by atoms with van der Waals surface area (Å²) < 4.78 is 5.74. The predicted octanol–water partition coefficient (Wildman–Crippen LogP) is 1.68. The van der Waals surface area contributed by atoms with Crippen molar-refractivity contribution in [3.05, 3.63) is 23.8 Å². The maximum atomic E-state index is 5.74. The second kappa shape index (κ2) is 5.37. The highest BCUT2D eigenvalue weighted by Gasteiger charge is 2.34. The van der Waals surface area contributed by atoms with Crippen molar-refractivity contribution in [2.24, 2.45) is 5.92 Å². The van der Waals surface area contributed by atoms with Gasteiger partial charge in [-0.1, -0.05) is 0 Å². The number of hydrogen-bond donors (Lipinski definition) is 1. The highest BCUT2D eigenvalue weighted by atomic mass is 16.5. The summed E-state index contributed by atoms with van der Waals surface area (Å²) in [5.41, 5.74) is 1.03. The van der Waals surface area contributed by atoms with E-state index in [1.54, 1.807) is 0 Å². The van der Waals surface area contributed by atoms with E-state index in [4.69, 9.17) is 4.74 Å². The molecule has 2 rings (SSSR count).